The van der Waals surface area contributed by atoms with E-state index in [9.17, 15) is 9.90 Å². The molecule has 3 aliphatic rings. The maximum atomic E-state index is 12.0. The molecule has 3 heteroatoms. The van der Waals surface area contributed by atoms with Crippen LogP contribution in [-0.2, 0) is 9.53 Å². The van der Waals surface area contributed by atoms with E-state index in [2.05, 4.69) is 20.8 Å². The van der Waals surface area contributed by atoms with Crippen LogP contribution in [0.3, 0.4) is 0 Å². The molecule has 0 amide bonds. The fraction of sp³-hybridized carbons (Fsp3) is 0.800. The first kappa shape index (κ1) is 12.2. The third-order valence-corrected chi connectivity index (χ3v) is 5.68. The van der Waals surface area contributed by atoms with Crippen LogP contribution in [0.15, 0.2) is 11.1 Å². The third-order valence-electron chi connectivity index (χ3n) is 5.68. The predicted molar refractivity (Wildman–Crippen MR) is 67.7 cm³/mol. The minimum Gasteiger partial charge on any atom is -0.458 e. The molecule has 1 heterocycles. The van der Waals surface area contributed by atoms with E-state index in [0.29, 0.717) is 18.4 Å². The fourth-order valence-corrected chi connectivity index (χ4v) is 4.61. The van der Waals surface area contributed by atoms with Gasteiger partial charge in [-0.25, -0.2) is 4.79 Å². The normalized spacial score (nSPS) is 42.5. The van der Waals surface area contributed by atoms with Crippen LogP contribution in [-0.4, -0.2) is 24.3 Å². The van der Waals surface area contributed by atoms with E-state index in [1.165, 1.54) is 5.57 Å². The second kappa shape index (κ2) is 3.83. The molecule has 1 N–H and O–H groups in total. The van der Waals surface area contributed by atoms with E-state index in [0.717, 1.165) is 18.4 Å². The van der Waals surface area contributed by atoms with E-state index in [-0.39, 0.29) is 29.8 Å². The Balaban J connectivity index is 2.09. The molecule has 2 aliphatic carbocycles. The lowest BCUT2D eigenvalue weighted by Gasteiger charge is -2.45. The zero-order chi connectivity index (χ0) is 13.1. The second-order valence-corrected chi connectivity index (χ2v) is 6.65. The lowest BCUT2D eigenvalue weighted by Crippen LogP contribution is -2.42. The molecule has 0 spiro atoms. The molecular weight excluding hydrogens is 228 g/mol. The Kier molecular flexibility index (Phi) is 2.60. The molecule has 0 aromatic heterocycles. The molecule has 3 rings (SSSR count). The van der Waals surface area contributed by atoms with E-state index < -0.39 is 0 Å². The molecule has 1 fully saturated rings. The summed E-state index contributed by atoms with van der Waals surface area (Å²) < 4.78 is 5.25. The summed E-state index contributed by atoms with van der Waals surface area (Å²) in [4.78, 5) is 12.0. The Bertz CT molecular complexity index is 423. The second-order valence-electron chi connectivity index (χ2n) is 6.65. The zero-order valence-electron chi connectivity index (χ0n) is 11.4. The Morgan fingerprint density at radius 2 is 2.22 bits per heavy atom. The van der Waals surface area contributed by atoms with E-state index in [1.807, 2.05) is 0 Å². The van der Waals surface area contributed by atoms with Gasteiger partial charge < -0.3 is 9.84 Å². The van der Waals surface area contributed by atoms with Crippen LogP contribution in [0.5, 0.6) is 0 Å². The molecule has 100 valence electrons. The van der Waals surface area contributed by atoms with E-state index in [1.54, 1.807) is 0 Å². The topological polar surface area (TPSA) is 46.5 Å². The number of aliphatic hydroxyl groups excluding tert-OH is 1. The number of aliphatic hydroxyl groups is 1. The largest absolute Gasteiger partial charge is 0.458 e. The predicted octanol–water partition coefficient (Wildman–Crippen LogP) is 2.15. The molecule has 2 bridgehead atoms. The molecule has 1 aliphatic heterocycles. The van der Waals surface area contributed by atoms with Gasteiger partial charge in [0.2, 0.25) is 0 Å². The molecule has 1 saturated carbocycles. The average Bonchev–Trinajstić information content (AvgIpc) is 2.76. The van der Waals surface area contributed by atoms with Crippen molar-refractivity contribution in [1.82, 2.24) is 0 Å². The summed E-state index contributed by atoms with van der Waals surface area (Å²) in [7, 11) is 0. The van der Waals surface area contributed by atoms with E-state index >= 15 is 0 Å². The standard InChI is InChI=1S/C15H22O3/c1-8(2)9-4-5-15(3)10(6-16)12(9)13-11(15)7-18-14(13)17/h8-10,12,16H,4-7H2,1-3H3/t9-,10?,12+,15-/m1/s1. The minimum atomic E-state index is -0.121. The molecule has 0 radical (unpaired) electrons. The SMILES string of the molecule is CC(C)[C@H]1CC[C@@]2(C)C3=C(C(=O)OC3)[C@@H]1C2CO. The minimum absolute atomic E-state index is 0.00764. The van der Waals surface area contributed by atoms with Gasteiger partial charge >= 0.3 is 5.97 Å². The van der Waals surface area contributed by atoms with Crippen LogP contribution in [0, 0.1) is 29.1 Å². The first-order valence-electron chi connectivity index (χ1n) is 7.02. The monoisotopic (exact) mass is 250 g/mol. The number of carbonyl (C=O) groups excluding carboxylic acids is 1. The summed E-state index contributed by atoms with van der Waals surface area (Å²) in [5, 5.41) is 9.80. The van der Waals surface area contributed by atoms with Gasteiger partial charge in [0, 0.05) is 18.1 Å². The van der Waals surface area contributed by atoms with Gasteiger partial charge in [-0.05, 0) is 41.6 Å². The van der Waals surface area contributed by atoms with E-state index in [4.69, 9.17) is 4.74 Å². The quantitative estimate of drug-likeness (QED) is 0.764. The van der Waals surface area contributed by atoms with Gasteiger partial charge in [0.05, 0.1) is 0 Å². The van der Waals surface area contributed by atoms with Gasteiger partial charge in [0.15, 0.2) is 0 Å². The lowest BCUT2D eigenvalue weighted by molar-refractivity contribution is -0.138. The van der Waals surface area contributed by atoms with Crippen molar-refractivity contribution >= 4 is 5.97 Å². The van der Waals surface area contributed by atoms with Crippen LogP contribution in [0.4, 0.5) is 0 Å². The van der Waals surface area contributed by atoms with Crippen molar-refractivity contribution in [3.8, 4) is 0 Å². The summed E-state index contributed by atoms with van der Waals surface area (Å²) in [6, 6.07) is 0. The van der Waals surface area contributed by atoms with Crippen LogP contribution in [0.1, 0.15) is 33.6 Å². The highest BCUT2D eigenvalue weighted by Crippen LogP contribution is 2.62. The number of rotatable bonds is 2. The molecule has 18 heavy (non-hydrogen) atoms. The number of hydrogen-bond acceptors (Lipinski definition) is 3. The number of ether oxygens (including phenoxy) is 1. The Hall–Kier alpha value is -0.830. The van der Waals surface area contributed by atoms with Gasteiger partial charge in [0.25, 0.3) is 0 Å². The maximum Gasteiger partial charge on any atom is 0.334 e. The van der Waals surface area contributed by atoms with Gasteiger partial charge in [-0.2, -0.15) is 0 Å². The van der Waals surface area contributed by atoms with Crippen molar-refractivity contribution in [3.63, 3.8) is 0 Å². The molecule has 0 saturated heterocycles. The number of cyclic esters (lactones) is 1. The zero-order valence-corrected chi connectivity index (χ0v) is 11.4. The molecule has 1 unspecified atom stereocenters. The van der Waals surface area contributed by atoms with Gasteiger partial charge in [-0.3, -0.25) is 0 Å². The van der Waals surface area contributed by atoms with Crippen LogP contribution in [0.25, 0.3) is 0 Å². The fourth-order valence-electron chi connectivity index (χ4n) is 4.61. The average molecular weight is 250 g/mol. The number of hydrogen-bond donors (Lipinski definition) is 1. The number of fused-ring (bicyclic) bond motifs is 4. The molecule has 0 aromatic carbocycles. The first-order chi connectivity index (χ1) is 8.50. The number of esters is 1. The van der Waals surface area contributed by atoms with Crippen LogP contribution in [0.2, 0.25) is 0 Å². The summed E-state index contributed by atoms with van der Waals surface area (Å²) in [6.45, 7) is 7.30. The Morgan fingerprint density at radius 1 is 1.50 bits per heavy atom. The van der Waals surface area contributed by atoms with Gasteiger partial charge in [-0.15, -0.1) is 0 Å². The maximum absolute atomic E-state index is 12.0. The smallest absolute Gasteiger partial charge is 0.334 e. The summed E-state index contributed by atoms with van der Waals surface area (Å²) in [5.74, 6) is 1.38. The third kappa shape index (κ3) is 1.31. The lowest BCUT2D eigenvalue weighted by atomic mass is 9.59. The van der Waals surface area contributed by atoms with Crippen molar-refractivity contribution in [2.24, 2.45) is 29.1 Å². The Labute approximate surface area is 108 Å². The number of carbonyl (C=O) groups is 1. The Morgan fingerprint density at radius 3 is 2.83 bits per heavy atom. The highest BCUT2D eigenvalue weighted by atomic mass is 16.5. The van der Waals surface area contributed by atoms with Crippen molar-refractivity contribution in [2.75, 3.05) is 13.2 Å². The van der Waals surface area contributed by atoms with Gasteiger partial charge in [0.1, 0.15) is 6.61 Å². The van der Waals surface area contributed by atoms with Crippen LogP contribution >= 0.6 is 0 Å². The van der Waals surface area contributed by atoms with Crippen LogP contribution < -0.4 is 0 Å². The summed E-state index contributed by atoms with van der Waals surface area (Å²) in [6.07, 6.45) is 2.24. The highest BCUT2D eigenvalue weighted by Gasteiger charge is 2.59. The first-order valence-corrected chi connectivity index (χ1v) is 7.02. The molecular formula is C15H22O3. The molecule has 0 aromatic rings. The molecule has 3 nitrogen and oxygen atoms in total. The van der Waals surface area contributed by atoms with Crippen molar-refractivity contribution in [1.29, 1.82) is 0 Å². The van der Waals surface area contributed by atoms with Crippen molar-refractivity contribution in [2.45, 2.75) is 33.6 Å². The van der Waals surface area contributed by atoms with Crippen molar-refractivity contribution in [3.05, 3.63) is 11.1 Å². The molecule has 4 atom stereocenters. The van der Waals surface area contributed by atoms with Gasteiger partial charge in [-0.1, -0.05) is 20.8 Å². The van der Waals surface area contributed by atoms with Crippen molar-refractivity contribution < 1.29 is 14.6 Å². The summed E-state index contributed by atoms with van der Waals surface area (Å²) >= 11 is 0. The summed E-state index contributed by atoms with van der Waals surface area (Å²) in [5.41, 5.74) is 2.11. The highest BCUT2D eigenvalue weighted by molar-refractivity contribution is 5.94.